The summed E-state index contributed by atoms with van der Waals surface area (Å²) in [5.41, 5.74) is 0.647. The van der Waals surface area contributed by atoms with Crippen molar-refractivity contribution in [2.24, 2.45) is 0 Å². The van der Waals surface area contributed by atoms with Crippen molar-refractivity contribution in [3.05, 3.63) is 28.8 Å². The Morgan fingerprint density at radius 3 is 2.44 bits per heavy atom. The van der Waals surface area contributed by atoms with Crippen molar-refractivity contribution in [3.63, 3.8) is 0 Å². The summed E-state index contributed by atoms with van der Waals surface area (Å²) in [6.45, 7) is 0. The summed E-state index contributed by atoms with van der Waals surface area (Å²) < 4.78 is -2.04. The van der Waals surface area contributed by atoms with Crippen LogP contribution in [0, 0.1) is 11.3 Å². The van der Waals surface area contributed by atoms with E-state index >= 15 is 0 Å². The quantitative estimate of drug-likeness (QED) is 0.806. The zero-order chi connectivity index (χ0) is 12.3. The van der Waals surface area contributed by atoms with Gasteiger partial charge in [-0.05, 0) is 18.2 Å². The number of nitrogens with one attached hydrogen (secondary N) is 1. The van der Waals surface area contributed by atoms with Gasteiger partial charge in [-0.2, -0.15) is 5.26 Å². The molecule has 1 rings (SSSR count). The molecule has 7 heteroatoms. The minimum atomic E-state index is -2.04. The molecule has 84 valence electrons. The van der Waals surface area contributed by atoms with Crippen LogP contribution in [0.15, 0.2) is 18.2 Å². The van der Waals surface area contributed by atoms with Crippen LogP contribution in [0.25, 0.3) is 0 Å². The van der Waals surface area contributed by atoms with E-state index in [2.05, 4.69) is 5.32 Å². The molecule has 0 aromatic heterocycles. The van der Waals surface area contributed by atoms with Gasteiger partial charge >= 0.3 is 0 Å². The van der Waals surface area contributed by atoms with Gasteiger partial charge in [-0.1, -0.05) is 46.4 Å². The molecule has 1 aromatic rings. The molecule has 0 radical (unpaired) electrons. The van der Waals surface area contributed by atoms with Crippen molar-refractivity contribution in [1.82, 2.24) is 0 Å². The van der Waals surface area contributed by atoms with E-state index in [0.29, 0.717) is 11.3 Å². The lowest BCUT2D eigenvalue weighted by Crippen LogP contribution is -2.26. The van der Waals surface area contributed by atoms with Gasteiger partial charge < -0.3 is 5.32 Å². The number of benzene rings is 1. The molecule has 0 bridgehead atoms. The number of rotatable bonds is 1. The highest BCUT2D eigenvalue weighted by Crippen LogP contribution is 2.28. The molecule has 0 fully saturated rings. The van der Waals surface area contributed by atoms with Gasteiger partial charge in [0.1, 0.15) is 6.07 Å². The normalized spacial score (nSPS) is 10.7. The van der Waals surface area contributed by atoms with E-state index in [1.54, 1.807) is 0 Å². The molecule has 16 heavy (non-hydrogen) atoms. The van der Waals surface area contributed by atoms with Gasteiger partial charge in [-0.3, -0.25) is 4.79 Å². The molecule has 1 aromatic carbocycles. The van der Waals surface area contributed by atoms with E-state index < -0.39 is 9.70 Å². The summed E-state index contributed by atoms with van der Waals surface area (Å²) in [7, 11) is 0. The van der Waals surface area contributed by atoms with Crippen molar-refractivity contribution >= 4 is 58.0 Å². The second-order valence-electron chi connectivity index (χ2n) is 2.76. The maximum absolute atomic E-state index is 11.3. The highest BCUT2D eigenvalue weighted by Gasteiger charge is 2.30. The van der Waals surface area contributed by atoms with Crippen molar-refractivity contribution in [1.29, 1.82) is 5.26 Å². The molecule has 0 aliphatic heterocycles. The molecule has 0 unspecified atom stereocenters. The third kappa shape index (κ3) is 3.43. The summed E-state index contributed by atoms with van der Waals surface area (Å²) in [6, 6.07) is 6.22. The lowest BCUT2D eigenvalue weighted by Gasteiger charge is -2.11. The fourth-order valence-electron chi connectivity index (χ4n) is 0.885. The Morgan fingerprint density at radius 1 is 1.38 bits per heavy atom. The molecule has 0 saturated heterocycles. The third-order valence-electron chi connectivity index (χ3n) is 1.60. The maximum Gasteiger partial charge on any atom is 0.276 e. The summed E-state index contributed by atoms with van der Waals surface area (Å²) in [4.78, 5) is 11.3. The monoisotopic (exact) mass is 296 g/mol. The van der Waals surface area contributed by atoms with E-state index in [-0.39, 0.29) is 5.02 Å². The molecular weight excluding hydrogens is 294 g/mol. The van der Waals surface area contributed by atoms with E-state index in [0.717, 1.165) is 0 Å². The number of halogens is 4. The SMILES string of the molecule is N#Cc1ccc(NC(=O)C(Cl)(Cl)Cl)cc1Cl. The van der Waals surface area contributed by atoms with Crippen LogP contribution in [0.2, 0.25) is 5.02 Å². The first-order valence-electron chi connectivity index (χ1n) is 3.92. The first-order valence-corrected chi connectivity index (χ1v) is 5.43. The largest absolute Gasteiger partial charge is 0.322 e. The van der Waals surface area contributed by atoms with Crippen molar-refractivity contribution < 1.29 is 4.79 Å². The van der Waals surface area contributed by atoms with Gasteiger partial charge in [-0.15, -0.1) is 0 Å². The molecule has 3 nitrogen and oxygen atoms in total. The Bertz CT molecular complexity index is 462. The summed E-state index contributed by atoms with van der Waals surface area (Å²) >= 11 is 21.9. The smallest absolute Gasteiger partial charge is 0.276 e. The number of carbonyl (C=O) groups is 1. The average molecular weight is 298 g/mol. The molecule has 1 amide bonds. The summed E-state index contributed by atoms with van der Waals surface area (Å²) in [6.07, 6.45) is 0. The average Bonchev–Trinajstić information content (AvgIpc) is 2.16. The van der Waals surface area contributed by atoms with Crippen LogP contribution in [0.5, 0.6) is 0 Å². The number of hydrogen-bond donors (Lipinski definition) is 1. The van der Waals surface area contributed by atoms with E-state index in [4.69, 9.17) is 51.7 Å². The Kier molecular flexibility index (Phi) is 4.28. The predicted molar refractivity (Wildman–Crippen MR) is 65.1 cm³/mol. The second kappa shape index (κ2) is 5.11. The van der Waals surface area contributed by atoms with Gasteiger partial charge in [0.2, 0.25) is 0 Å². The van der Waals surface area contributed by atoms with Crippen LogP contribution >= 0.6 is 46.4 Å². The minimum absolute atomic E-state index is 0.213. The Morgan fingerprint density at radius 2 is 2.00 bits per heavy atom. The molecule has 0 heterocycles. The third-order valence-corrected chi connectivity index (χ3v) is 2.43. The second-order valence-corrected chi connectivity index (χ2v) is 5.45. The van der Waals surface area contributed by atoms with Crippen LogP contribution in [0.1, 0.15) is 5.56 Å². The number of nitrogens with zero attached hydrogens (tertiary/aromatic N) is 1. The van der Waals surface area contributed by atoms with Gasteiger partial charge in [-0.25, -0.2) is 0 Å². The maximum atomic E-state index is 11.3. The highest BCUT2D eigenvalue weighted by molar-refractivity contribution is 6.76. The lowest BCUT2D eigenvalue weighted by molar-refractivity contribution is -0.115. The standard InChI is InChI=1S/C9H4Cl4N2O/c10-7-3-6(2-1-5(7)4-14)15-8(16)9(11,12)13/h1-3H,(H,15,16). The summed E-state index contributed by atoms with van der Waals surface area (Å²) in [5.74, 6) is -0.793. The van der Waals surface area contributed by atoms with Gasteiger partial charge in [0.05, 0.1) is 10.6 Å². The fourth-order valence-corrected chi connectivity index (χ4v) is 1.25. The number of nitriles is 1. The molecule has 0 saturated carbocycles. The van der Waals surface area contributed by atoms with Crippen LogP contribution in [-0.4, -0.2) is 9.70 Å². The van der Waals surface area contributed by atoms with Crippen LogP contribution in [0.4, 0.5) is 5.69 Å². The van der Waals surface area contributed by atoms with Crippen LogP contribution in [-0.2, 0) is 4.79 Å². The Balaban J connectivity index is 2.89. The fraction of sp³-hybridized carbons (Fsp3) is 0.111. The van der Waals surface area contributed by atoms with Crippen molar-refractivity contribution in [2.45, 2.75) is 3.79 Å². The summed E-state index contributed by atoms with van der Waals surface area (Å²) in [5, 5.41) is 11.2. The van der Waals surface area contributed by atoms with Gasteiger partial charge in [0.15, 0.2) is 0 Å². The van der Waals surface area contributed by atoms with E-state index in [9.17, 15) is 4.79 Å². The number of hydrogen-bond acceptors (Lipinski definition) is 2. The molecule has 0 aliphatic carbocycles. The molecule has 1 N–H and O–H groups in total. The van der Waals surface area contributed by atoms with E-state index in [1.807, 2.05) is 6.07 Å². The first-order chi connectivity index (χ1) is 7.34. The number of amides is 1. The number of anilines is 1. The minimum Gasteiger partial charge on any atom is -0.322 e. The Hall–Kier alpha value is -0.660. The highest BCUT2D eigenvalue weighted by atomic mass is 35.6. The van der Waals surface area contributed by atoms with Crippen LogP contribution in [0.3, 0.4) is 0 Å². The molecular formula is C9H4Cl4N2O. The Labute approximate surface area is 112 Å². The van der Waals surface area contributed by atoms with Crippen molar-refractivity contribution in [3.8, 4) is 6.07 Å². The predicted octanol–water partition coefficient (Wildman–Crippen LogP) is 3.52. The van der Waals surface area contributed by atoms with Gasteiger partial charge in [0.25, 0.3) is 9.70 Å². The van der Waals surface area contributed by atoms with E-state index in [1.165, 1.54) is 18.2 Å². The van der Waals surface area contributed by atoms with Crippen molar-refractivity contribution in [2.75, 3.05) is 5.32 Å². The molecule has 0 spiro atoms. The molecule has 0 aliphatic rings. The zero-order valence-electron chi connectivity index (χ0n) is 7.60. The topological polar surface area (TPSA) is 52.9 Å². The molecule has 0 atom stereocenters. The first kappa shape index (κ1) is 13.4. The van der Waals surface area contributed by atoms with Gasteiger partial charge in [0, 0.05) is 5.69 Å². The lowest BCUT2D eigenvalue weighted by atomic mass is 10.2. The van der Waals surface area contributed by atoms with Crippen LogP contribution < -0.4 is 5.32 Å². The number of alkyl halides is 3. The number of carbonyl (C=O) groups excluding carboxylic acids is 1. The zero-order valence-corrected chi connectivity index (χ0v) is 10.6.